The van der Waals surface area contributed by atoms with Crippen molar-refractivity contribution < 1.29 is 14.0 Å². The van der Waals surface area contributed by atoms with Crippen molar-refractivity contribution in [1.82, 2.24) is 9.80 Å². The molecular formula is C22H24FN3O2. The summed E-state index contributed by atoms with van der Waals surface area (Å²) >= 11 is 0. The number of benzene rings is 2. The van der Waals surface area contributed by atoms with E-state index in [0.29, 0.717) is 25.3 Å². The molecule has 2 aliphatic rings. The highest BCUT2D eigenvalue weighted by Crippen LogP contribution is 2.34. The maximum atomic E-state index is 13.7. The summed E-state index contributed by atoms with van der Waals surface area (Å²) in [5, 5.41) is 0. The molecule has 0 aromatic heterocycles. The number of carbonyl (C=O) groups excluding carboxylic acids is 2. The summed E-state index contributed by atoms with van der Waals surface area (Å²) in [6.45, 7) is 3.83. The molecule has 6 heteroatoms. The van der Waals surface area contributed by atoms with Crippen LogP contribution in [0.2, 0.25) is 0 Å². The number of nitrogens with zero attached hydrogens (tertiary/aromatic N) is 3. The van der Waals surface area contributed by atoms with Crippen LogP contribution in [0.1, 0.15) is 22.3 Å². The topological polar surface area (TPSA) is 43.9 Å². The van der Waals surface area contributed by atoms with Crippen molar-refractivity contribution >= 4 is 17.5 Å². The first kappa shape index (κ1) is 18.6. The molecular weight excluding hydrogens is 357 g/mol. The van der Waals surface area contributed by atoms with Gasteiger partial charge >= 0.3 is 0 Å². The van der Waals surface area contributed by atoms with E-state index in [2.05, 4.69) is 4.90 Å². The van der Waals surface area contributed by atoms with Crippen LogP contribution >= 0.6 is 0 Å². The van der Waals surface area contributed by atoms with Gasteiger partial charge in [-0.25, -0.2) is 4.39 Å². The Kier molecular flexibility index (Phi) is 4.67. The van der Waals surface area contributed by atoms with Crippen molar-refractivity contribution in [2.45, 2.75) is 18.9 Å². The molecule has 28 heavy (non-hydrogen) atoms. The summed E-state index contributed by atoms with van der Waals surface area (Å²) in [7, 11) is 1.93. The molecule has 2 amide bonds. The predicted molar refractivity (Wildman–Crippen MR) is 106 cm³/mol. The summed E-state index contributed by atoms with van der Waals surface area (Å²) in [5.41, 5.74) is 1.93. The van der Waals surface area contributed by atoms with Gasteiger partial charge in [-0.1, -0.05) is 24.3 Å². The summed E-state index contributed by atoms with van der Waals surface area (Å²) in [4.78, 5) is 31.2. The quantitative estimate of drug-likeness (QED) is 0.803. The minimum absolute atomic E-state index is 0.0255. The fourth-order valence-electron chi connectivity index (χ4n) is 4.29. The molecule has 0 aliphatic carbocycles. The first-order valence-electron chi connectivity index (χ1n) is 9.52. The van der Waals surface area contributed by atoms with Gasteiger partial charge in [-0.2, -0.15) is 0 Å². The summed E-state index contributed by atoms with van der Waals surface area (Å²) in [6, 6.07) is 13.7. The zero-order valence-electron chi connectivity index (χ0n) is 16.2. The SMILES string of the molecule is Cc1ccccc1C(=O)N1CCC2(C1)CN(c1cccc(F)c1)C(=O)CN2C. The Morgan fingerprint density at radius 2 is 1.89 bits per heavy atom. The number of halogens is 1. The van der Waals surface area contributed by atoms with Crippen LogP contribution in [0, 0.1) is 12.7 Å². The molecule has 0 saturated carbocycles. The van der Waals surface area contributed by atoms with Crippen molar-refractivity contribution in [3.05, 3.63) is 65.5 Å². The monoisotopic (exact) mass is 381 g/mol. The van der Waals surface area contributed by atoms with Crippen molar-refractivity contribution in [2.24, 2.45) is 0 Å². The number of aryl methyl sites for hydroxylation is 1. The zero-order valence-corrected chi connectivity index (χ0v) is 16.2. The number of likely N-dealkylation sites (N-methyl/N-ethyl adjacent to an activating group) is 1. The number of rotatable bonds is 2. The lowest BCUT2D eigenvalue weighted by Crippen LogP contribution is -2.64. The van der Waals surface area contributed by atoms with E-state index in [0.717, 1.165) is 17.5 Å². The minimum atomic E-state index is -0.360. The fourth-order valence-corrected chi connectivity index (χ4v) is 4.29. The Labute approximate surface area is 164 Å². The molecule has 2 aromatic carbocycles. The highest BCUT2D eigenvalue weighted by molar-refractivity contribution is 5.97. The molecule has 2 aromatic rings. The van der Waals surface area contributed by atoms with E-state index in [-0.39, 0.29) is 29.7 Å². The van der Waals surface area contributed by atoms with Gasteiger partial charge in [0.05, 0.1) is 12.1 Å². The predicted octanol–water partition coefficient (Wildman–Crippen LogP) is 2.70. The van der Waals surface area contributed by atoms with Crippen molar-refractivity contribution in [3.8, 4) is 0 Å². The van der Waals surface area contributed by atoms with Crippen molar-refractivity contribution in [1.29, 1.82) is 0 Å². The number of amides is 2. The third-order valence-electron chi connectivity index (χ3n) is 6.05. The number of likely N-dealkylation sites (tertiary alicyclic amines) is 1. The lowest BCUT2D eigenvalue weighted by molar-refractivity contribution is -0.123. The lowest BCUT2D eigenvalue weighted by Gasteiger charge is -2.46. The van der Waals surface area contributed by atoms with Crippen LogP contribution in [0.25, 0.3) is 0 Å². The standard InChI is InChI=1S/C22H24FN3O2/c1-16-6-3-4-9-19(16)21(28)25-11-10-22(14-25)15-26(20(27)13-24(22)2)18-8-5-7-17(23)12-18/h3-9,12H,10-11,13-15H2,1-2H3. The zero-order chi connectivity index (χ0) is 19.9. The van der Waals surface area contributed by atoms with Gasteiger partial charge in [-0.05, 0) is 50.2 Å². The van der Waals surface area contributed by atoms with E-state index < -0.39 is 0 Å². The maximum absolute atomic E-state index is 13.7. The Morgan fingerprint density at radius 1 is 1.11 bits per heavy atom. The summed E-state index contributed by atoms with van der Waals surface area (Å²) < 4.78 is 13.7. The van der Waals surface area contributed by atoms with Crippen LogP contribution in [0.3, 0.4) is 0 Å². The first-order valence-corrected chi connectivity index (χ1v) is 9.52. The van der Waals surface area contributed by atoms with E-state index in [1.54, 1.807) is 17.0 Å². The second kappa shape index (κ2) is 7.02. The summed E-state index contributed by atoms with van der Waals surface area (Å²) in [5.74, 6) is -0.388. The molecule has 2 saturated heterocycles. The van der Waals surface area contributed by atoms with Gasteiger partial charge in [-0.15, -0.1) is 0 Å². The molecule has 1 atom stereocenters. The largest absolute Gasteiger partial charge is 0.337 e. The van der Waals surface area contributed by atoms with E-state index in [1.807, 2.05) is 43.1 Å². The fraction of sp³-hybridized carbons (Fsp3) is 0.364. The summed E-state index contributed by atoms with van der Waals surface area (Å²) in [6.07, 6.45) is 0.778. The number of hydrogen-bond donors (Lipinski definition) is 0. The van der Waals surface area contributed by atoms with Gasteiger partial charge in [0.2, 0.25) is 5.91 Å². The van der Waals surface area contributed by atoms with Gasteiger partial charge in [-0.3, -0.25) is 14.5 Å². The van der Waals surface area contributed by atoms with Crippen LogP contribution < -0.4 is 4.90 Å². The van der Waals surface area contributed by atoms with Gasteiger partial charge in [0.1, 0.15) is 5.82 Å². The smallest absolute Gasteiger partial charge is 0.254 e. The van der Waals surface area contributed by atoms with Crippen LogP contribution in [-0.4, -0.2) is 60.4 Å². The average molecular weight is 381 g/mol. The van der Waals surface area contributed by atoms with E-state index >= 15 is 0 Å². The van der Waals surface area contributed by atoms with Gasteiger partial charge in [0, 0.05) is 30.9 Å². The van der Waals surface area contributed by atoms with Crippen LogP contribution in [0.15, 0.2) is 48.5 Å². The highest BCUT2D eigenvalue weighted by Gasteiger charge is 2.48. The van der Waals surface area contributed by atoms with Crippen molar-refractivity contribution in [2.75, 3.05) is 38.1 Å². The molecule has 1 unspecified atom stereocenters. The Hall–Kier alpha value is -2.73. The average Bonchev–Trinajstić information content (AvgIpc) is 3.10. The molecule has 0 N–H and O–H groups in total. The minimum Gasteiger partial charge on any atom is -0.337 e. The van der Waals surface area contributed by atoms with E-state index in [1.165, 1.54) is 12.1 Å². The van der Waals surface area contributed by atoms with E-state index in [9.17, 15) is 14.0 Å². The number of hydrogen-bond acceptors (Lipinski definition) is 3. The molecule has 0 bridgehead atoms. The molecule has 4 rings (SSSR count). The third kappa shape index (κ3) is 3.18. The van der Waals surface area contributed by atoms with E-state index in [4.69, 9.17) is 0 Å². The number of piperazine rings is 1. The second-order valence-corrected chi connectivity index (χ2v) is 7.83. The maximum Gasteiger partial charge on any atom is 0.254 e. The molecule has 1 spiro atoms. The van der Waals surface area contributed by atoms with Crippen LogP contribution in [0.4, 0.5) is 10.1 Å². The molecule has 0 radical (unpaired) electrons. The molecule has 2 fully saturated rings. The first-order chi connectivity index (χ1) is 13.4. The normalized spacial score (nSPS) is 22.9. The van der Waals surface area contributed by atoms with Crippen molar-refractivity contribution in [3.63, 3.8) is 0 Å². The number of anilines is 1. The highest BCUT2D eigenvalue weighted by atomic mass is 19.1. The van der Waals surface area contributed by atoms with Crippen LogP contribution in [0.5, 0.6) is 0 Å². The van der Waals surface area contributed by atoms with Crippen LogP contribution in [-0.2, 0) is 4.79 Å². The van der Waals surface area contributed by atoms with Gasteiger partial charge in [0.25, 0.3) is 5.91 Å². The number of carbonyl (C=O) groups is 2. The third-order valence-corrected chi connectivity index (χ3v) is 6.05. The second-order valence-electron chi connectivity index (χ2n) is 7.83. The molecule has 2 aliphatic heterocycles. The molecule has 5 nitrogen and oxygen atoms in total. The molecule has 146 valence electrons. The Balaban J connectivity index is 1.58. The molecule has 2 heterocycles. The lowest BCUT2D eigenvalue weighted by atomic mass is 9.92. The Bertz CT molecular complexity index is 932. The Morgan fingerprint density at radius 3 is 2.64 bits per heavy atom. The van der Waals surface area contributed by atoms with Gasteiger partial charge < -0.3 is 9.80 Å². The van der Waals surface area contributed by atoms with Gasteiger partial charge in [0.15, 0.2) is 0 Å².